The summed E-state index contributed by atoms with van der Waals surface area (Å²) in [5.74, 6) is 0.877. The van der Waals surface area contributed by atoms with E-state index in [2.05, 4.69) is 19.9 Å². The Hall–Kier alpha value is -3.19. The highest BCUT2D eigenvalue weighted by molar-refractivity contribution is 7.99. The van der Waals surface area contributed by atoms with E-state index in [0.717, 1.165) is 39.9 Å². The number of imidazole rings is 1. The molecule has 0 spiro atoms. The Morgan fingerprint density at radius 1 is 1.07 bits per heavy atom. The highest BCUT2D eigenvalue weighted by Gasteiger charge is 2.18. The number of amides is 1. The average molecular weight is 373 g/mol. The molecule has 132 valence electrons. The van der Waals surface area contributed by atoms with Crippen LogP contribution in [0.2, 0.25) is 0 Å². The van der Waals surface area contributed by atoms with Crippen molar-refractivity contribution >= 4 is 34.4 Å². The van der Waals surface area contributed by atoms with Gasteiger partial charge in [-0.2, -0.15) is 0 Å². The van der Waals surface area contributed by atoms with Crippen molar-refractivity contribution in [3.63, 3.8) is 0 Å². The van der Waals surface area contributed by atoms with Crippen LogP contribution in [0, 0.1) is 0 Å². The van der Waals surface area contributed by atoms with E-state index >= 15 is 0 Å². The van der Waals surface area contributed by atoms with Crippen LogP contribution in [0.1, 0.15) is 10.4 Å². The Morgan fingerprint density at radius 3 is 2.81 bits per heavy atom. The van der Waals surface area contributed by atoms with Crippen LogP contribution in [0.4, 0.5) is 5.69 Å². The molecular formula is C20H15N5OS. The normalized spacial score (nSPS) is 12.9. The number of rotatable bonds is 3. The third kappa shape index (κ3) is 2.96. The summed E-state index contributed by atoms with van der Waals surface area (Å²) in [7, 11) is 0. The lowest BCUT2D eigenvalue weighted by Gasteiger charge is -2.10. The quantitative estimate of drug-likeness (QED) is 0.590. The highest BCUT2D eigenvalue weighted by atomic mass is 32.2. The monoisotopic (exact) mass is 373 g/mol. The molecule has 4 aromatic rings. The van der Waals surface area contributed by atoms with E-state index in [9.17, 15) is 4.79 Å². The predicted octanol–water partition coefficient (Wildman–Crippen LogP) is 3.85. The lowest BCUT2D eigenvalue weighted by Crippen LogP contribution is -2.12. The minimum Gasteiger partial charge on any atom is -0.325 e. The van der Waals surface area contributed by atoms with Crippen molar-refractivity contribution in [2.45, 2.75) is 11.7 Å². The number of hydrogen-bond donors (Lipinski definition) is 1. The Labute approximate surface area is 159 Å². The number of carbonyl (C=O) groups is 1. The van der Waals surface area contributed by atoms with Crippen LogP contribution in [0.3, 0.4) is 0 Å². The molecule has 5 rings (SSSR count). The molecule has 2 aromatic carbocycles. The van der Waals surface area contributed by atoms with Crippen LogP contribution in [0.25, 0.3) is 22.3 Å². The number of para-hydroxylation sites is 1. The molecule has 1 aliphatic rings. The molecule has 0 radical (unpaired) electrons. The topological polar surface area (TPSA) is 72.7 Å². The Bertz CT molecular complexity index is 1150. The van der Waals surface area contributed by atoms with Gasteiger partial charge in [0.2, 0.25) is 0 Å². The second-order valence-electron chi connectivity index (χ2n) is 6.21. The molecular weight excluding hydrogens is 358 g/mol. The molecule has 0 saturated heterocycles. The first kappa shape index (κ1) is 16.0. The van der Waals surface area contributed by atoms with Gasteiger partial charge in [0.1, 0.15) is 0 Å². The maximum absolute atomic E-state index is 12.8. The minimum atomic E-state index is -0.184. The van der Waals surface area contributed by atoms with Crippen LogP contribution < -0.4 is 5.32 Å². The molecule has 7 heteroatoms. The number of anilines is 1. The summed E-state index contributed by atoms with van der Waals surface area (Å²) < 4.78 is 2.15. The van der Waals surface area contributed by atoms with Gasteiger partial charge in [0.15, 0.2) is 5.16 Å². The largest absolute Gasteiger partial charge is 0.325 e. The summed E-state index contributed by atoms with van der Waals surface area (Å²) in [5, 5.41) is 4.04. The lowest BCUT2D eigenvalue weighted by atomic mass is 10.1. The van der Waals surface area contributed by atoms with Gasteiger partial charge in [0.25, 0.3) is 5.91 Å². The lowest BCUT2D eigenvalue weighted by molar-refractivity contribution is 0.102. The molecule has 6 nitrogen and oxygen atoms in total. The smallest absolute Gasteiger partial charge is 0.255 e. The van der Waals surface area contributed by atoms with Gasteiger partial charge in [0.05, 0.1) is 22.4 Å². The predicted molar refractivity (Wildman–Crippen MR) is 106 cm³/mol. The number of aromatic nitrogens is 4. The summed E-state index contributed by atoms with van der Waals surface area (Å²) >= 11 is 1.75. The Kier molecular flexibility index (Phi) is 3.86. The molecule has 0 bridgehead atoms. The third-order valence-electron chi connectivity index (χ3n) is 4.49. The number of benzene rings is 2. The summed E-state index contributed by atoms with van der Waals surface area (Å²) in [6.45, 7) is 0.972. The third-order valence-corrected chi connectivity index (χ3v) is 5.46. The van der Waals surface area contributed by atoms with Crippen LogP contribution in [0.15, 0.2) is 66.2 Å². The number of carbonyl (C=O) groups excluding carboxylic acids is 1. The minimum absolute atomic E-state index is 0.184. The van der Waals surface area contributed by atoms with E-state index in [4.69, 9.17) is 4.98 Å². The zero-order chi connectivity index (χ0) is 18.2. The van der Waals surface area contributed by atoms with Gasteiger partial charge in [-0.15, -0.1) is 0 Å². The SMILES string of the molecule is O=C(Nc1ccccc1-c1cn2c(n1)SCC2)c1ccc2nccnc2c1. The standard InChI is InChI=1S/C20H15N5OS/c26-19(13-5-6-16-17(11-13)22-8-7-21-16)23-15-4-2-1-3-14(15)18-12-25-9-10-27-20(25)24-18/h1-8,11-12H,9-10H2,(H,23,26). The summed E-state index contributed by atoms with van der Waals surface area (Å²) in [5.41, 5.74) is 4.52. The molecule has 27 heavy (non-hydrogen) atoms. The summed E-state index contributed by atoms with van der Waals surface area (Å²) in [6.07, 6.45) is 5.31. The van der Waals surface area contributed by atoms with Crippen LogP contribution in [-0.4, -0.2) is 31.2 Å². The van der Waals surface area contributed by atoms with Crippen LogP contribution in [-0.2, 0) is 6.54 Å². The molecule has 0 fully saturated rings. The van der Waals surface area contributed by atoms with E-state index < -0.39 is 0 Å². The molecule has 0 aliphatic carbocycles. The molecule has 0 unspecified atom stereocenters. The number of fused-ring (bicyclic) bond motifs is 2. The molecule has 1 N–H and O–H groups in total. The maximum atomic E-state index is 12.8. The fraction of sp³-hybridized carbons (Fsp3) is 0.100. The maximum Gasteiger partial charge on any atom is 0.255 e. The molecule has 3 heterocycles. The first-order valence-corrected chi connectivity index (χ1v) is 9.58. The zero-order valence-corrected chi connectivity index (χ0v) is 15.1. The molecule has 1 aliphatic heterocycles. The van der Waals surface area contributed by atoms with Crippen LogP contribution in [0.5, 0.6) is 0 Å². The van der Waals surface area contributed by atoms with E-state index in [-0.39, 0.29) is 5.91 Å². The summed E-state index contributed by atoms with van der Waals surface area (Å²) in [4.78, 5) is 26.0. The van der Waals surface area contributed by atoms with Gasteiger partial charge in [-0.1, -0.05) is 30.0 Å². The van der Waals surface area contributed by atoms with Gasteiger partial charge >= 0.3 is 0 Å². The van der Waals surface area contributed by atoms with Crippen molar-refractivity contribution in [3.05, 3.63) is 66.6 Å². The van der Waals surface area contributed by atoms with Crippen molar-refractivity contribution in [2.24, 2.45) is 0 Å². The van der Waals surface area contributed by atoms with E-state index in [1.165, 1.54) is 0 Å². The number of hydrogen-bond acceptors (Lipinski definition) is 5. The van der Waals surface area contributed by atoms with Crippen molar-refractivity contribution in [3.8, 4) is 11.3 Å². The van der Waals surface area contributed by atoms with Crippen molar-refractivity contribution in [1.82, 2.24) is 19.5 Å². The highest BCUT2D eigenvalue weighted by Crippen LogP contribution is 2.32. The van der Waals surface area contributed by atoms with Crippen LogP contribution >= 0.6 is 11.8 Å². The van der Waals surface area contributed by atoms with E-state index in [1.54, 1.807) is 42.4 Å². The second kappa shape index (κ2) is 6.51. The summed E-state index contributed by atoms with van der Waals surface area (Å²) in [6, 6.07) is 13.0. The van der Waals surface area contributed by atoms with E-state index in [0.29, 0.717) is 11.1 Å². The zero-order valence-electron chi connectivity index (χ0n) is 14.3. The van der Waals surface area contributed by atoms with Gasteiger partial charge in [-0.3, -0.25) is 14.8 Å². The van der Waals surface area contributed by atoms with Gasteiger partial charge in [-0.05, 0) is 24.3 Å². The fourth-order valence-corrected chi connectivity index (χ4v) is 4.10. The number of nitrogens with one attached hydrogen (secondary N) is 1. The Morgan fingerprint density at radius 2 is 1.93 bits per heavy atom. The average Bonchev–Trinajstić information content (AvgIpc) is 3.30. The molecule has 0 saturated carbocycles. The van der Waals surface area contributed by atoms with Crippen molar-refractivity contribution in [2.75, 3.05) is 11.1 Å². The first-order valence-electron chi connectivity index (χ1n) is 8.59. The number of thioether (sulfide) groups is 1. The number of nitrogens with zero attached hydrogens (tertiary/aromatic N) is 4. The molecule has 0 atom stereocenters. The Balaban J connectivity index is 1.47. The van der Waals surface area contributed by atoms with Crippen molar-refractivity contribution in [1.29, 1.82) is 0 Å². The number of aryl methyl sites for hydroxylation is 1. The molecule has 1 amide bonds. The van der Waals surface area contributed by atoms with Gasteiger partial charge in [-0.25, -0.2) is 4.98 Å². The molecule has 2 aromatic heterocycles. The second-order valence-corrected chi connectivity index (χ2v) is 7.27. The van der Waals surface area contributed by atoms with E-state index in [1.807, 2.05) is 30.5 Å². The van der Waals surface area contributed by atoms with Crippen molar-refractivity contribution < 1.29 is 4.79 Å². The van der Waals surface area contributed by atoms with Gasteiger partial charge in [0, 0.05) is 42.0 Å². The first-order chi connectivity index (χ1) is 13.3. The fourth-order valence-electron chi connectivity index (χ4n) is 3.15. The van der Waals surface area contributed by atoms with Gasteiger partial charge < -0.3 is 9.88 Å².